The molecule has 3 aliphatic heterocycles. The highest BCUT2D eigenvalue weighted by Crippen LogP contribution is 2.34. The lowest BCUT2D eigenvalue weighted by atomic mass is 9.84. The minimum atomic E-state index is -1.65. The van der Waals surface area contributed by atoms with Crippen LogP contribution in [-0.2, 0) is 57.5 Å². The second-order valence-corrected chi connectivity index (χ2v) is 31.1. The van der Waals surface area contributed by atoms with E-state index in [0.29, 0.717) is 62.0 Å². The predicted octanol–water partition coefficient (Wildman–Crippen LogP) is 5.26. The zero-order chi connectivity index (χ0) is 70.2. The highest BCUT2D eigenvalue weighted by molar-refractivity contribution is 14.1. The molecule has 0 aromatic rings. The van der Waals surface area contributed by atoms with E-state index in [-0.39, 0.29) is 55.9 Å². The van der Waals surface area contributed by atoms with Crippen molar-refractivity contribution in [2.45, 2.75) is 268 Å². The average molecular weight is 1430 g/mol. The monoisotopic (exact) mass is 1430 g/mol. The SMILES string of the molecule is CCCC[C@@H]1NC(=O)[C@H](CC2CCCC(I)C2)NC(=O)CN(C)C(=O)[C@H](CC2CCCC2)N(C)C(=O)[C@@H]2CCN2C(=O)[C@H](C)N(C)C(=O)[C@H]([C@@H](C)CC)NC(=O)[C@H](CC(C)C)N(C)C(=O)C[C@@H](C(=O)N2CCCCC2)N(C)C(=O)[C@H](CC(C)C)NC(=O)C(C)(C)N(C)C1=O. The molecule has 0 aromatic carbocycles. The van der Waals surface area contributed by atoms with Gasteiger partial charge in [0.1, 0.15) is 59.9 Å². The first-order valence-corrected chi connectivity index (χ1v) is 36.4. The van der Waals surface area contributed by atoms with Gasteiger partial charge in [0.25, 0.3) is 0 Å². The molecule has 12 atom stereocenters. The molecular weight excluding hydrogens is 1320 g/mol. The molecule has 94 heavy (non-hydrogen) atoms. The van der Waals surface area contributed by atoms with Gasteiger partial charge in [0.2, 0.25) is 70.9 Å². The standard InChI is InChI=1S/C69H117IN12O12/c1-17-19-30-49-63(89)80(16)69(9,10)68(94)73-51(35-42(3)4)62(88)78(14)55(66(92)81-32-23-20-24-33-81)40-57(84)77(13)53(36-43(5)6)60(86)74-58(44(7)18-2)67(93)76(12)45(8)61(87)82-34-31-52(82)65(91)79(15)54(39-46-26-21-22-27-46)64(90)75(11)41-56(83)71-50(59(85)72-49)38-47-28-25-29-48(70)37-47/h42-55,58H,17-41H2,1-16H3,(H,71,83)(H,72,85)(H,73,94)(H,74,86)/t44-,45-,47?,48?,49-,50-,51-,52-,53-,54-,55-,58-/m0/s1. The molecule has 2 unspecified atom stereocenters. The van der Waals surface area contributed by atoms with Gasteiger partial charge in [-0.25, -0.2) is 0 Å². The van der Waals surface area contributed by atoms with E-state index >= 15 is 4.79 Å². The Hall–Kier alpha value is -5.63. The number of nitrogens with one attached hydrogen (secondary N) is 4. The van der Waals surface area contributed by atoms with Crippen LogP contribution >= 0.6 is 22.6 Å². The molecule has 3 heterocycles. The lowest BCUT2D eigenvalue weighted by Gasteiger charge is -2.45. The number of hydrogen-bond acceptors (Lipinski definition) is 12. The lowest BCUT2D eigenvalue weighted by molar-refractivity contribution is -0.160. The summed E-state index contributed by atoms with van der Waals surface area (Å²) in [5.41, 5.74) is -1.65. The lowest BCUT2D eigenvalue weighted by Crippen LogP contribution is -2.65. The Morgan fingerprint density at radius 1 is 0.585 bits per heavy atom. The van der Waals surface area contributed by atoms with Crippen molar-refractivity contribution in [3.8, 4) is 0 Å². The van der Waals surface area contributed by atoms with Crippen molar-refractivity contribution in [2.75, 3.05) is 68.5 Å². The number of carbonyl (C=O) groups excluding carboxylic acids is 12. The fourth-order valence-electron chi connectivity index (χ4n) is 13.9. The third-order valence-electron chi connectivity index (χ3n) is 21.0. The van der Waals surface area contributed by atoms with Crippen LogP contribution in [0, 0.1) is 29.6 Å². The van der Waals surface area contributed by atoms with E-state index < -0.39 is 150 Å². The van der Waals surface area contributed by atoms with Crippen molar-refractivity contribution in [3.05, 3.63) is 0 Å². The van der Waals surface area contributed by atoms with E-state index in [9.17, 15) is 52.7 Å². The summed E-state index contributed by atoms with van der Waals surface area (Å²) in [7, 11) is 8.84. The van der Waals surface area contributed by atoms with Crippen molar-refractivity contribution in [2.24, 2.45) is 29.6 Å². The number of likely N-dealkylation sites (N-methyl/N-ethyl adjacent to an activating group) is 6. The Morgan fingerprint density at radius 3 is 1.79 bits per heavy atom. The van der Waals surface area contributed by atoms with Crippen LogP contribution in [0.5, 0.6) is 0 Å². The third-order valence-corrected chi connectivity index (χ3v) is 22.1. The number of nitrogens with zero attached hydrogens (tertiary/aromatic N) is 8. The second-order valence-electron chi connectivity index (χ2n) is 29.4. The smallest absolute Gasteiger partial charge is 0.246 e. The van der Waals surface area contributed by atoms with Gasteiger partial charge in [0.15, 0.2) is 0 Å². The molecule has 0 aromatic heterocycles. The molecule has 532 valence electrons. The molecule has 12 amide bonds. The Balaban J connectivity index is 1.61. The van der Waals surface area contributed by atoms with Gasteiger partial charge in [-0.1, -0.05) is 129 Å². The molecule has 3 saturated heterocycles. The number of unbranched alkanes of at least 4 members (excludes halogenated alkanes) is 1. The number of piperidine rings is 1. The van der Waals surface area contributed by atoms with Crippen LogP contribution in [0.4, 0.5) is 0 Å². The Morgan fingerprint density at radius 2 is 1.21 bits per heavy atom. The maximum absolute atomic E-state index is 15.2. The Labute approximate surface area is 574 Å². The zero-order valence-electron chi connectivity index (χ0n) is 59.7. The Kier molecular flexibility index (Phi) is 30.4. The molecule has 2 saturated carbocycles. The molecule has 5 rings (SSSR count). The summed E-state index contributed by atoms with van der Waals surface area (Å²) in [5, 5.41) is 11.8. The van der Waals surface area contributed by atoms with Crippen molar-refractivity contribution < 1.29 is 57.5 Å². The summed E-state index contributed by atoms with van der Waals surface area (Å²) < 4.78 is 0.353. The molecule has 5 aliphatic rings. The van der Waals surface area contributed by atoms with Gasteiger partial charge in [-0.05, 0) is 121 Å². The largest absolute Gasteiger partial charge is 0.343 e. The maximum atomic E-state index is 15.2. The molecule has 0 bridgehead atoms. The first-order valence-electron chi connectivity index (χ1n) is 35.2. The normalized spacial score (nSPS) is 29.7. The predicted molar refractivity (Wildman–Crippen MR) is 368 cm³/mol. The van der Waals surface area contributed by atoms with Crippen LogP contribution in [0.3, 0.4) is 0 Å². The van der Waals surface area contributed by atoms with Crippen LogP contribution in [0.15, 0.2) is 0 Å². The fraction of sp³-hybridized carbons (Fsp3) is 0.826. The number of fused-ring (bicyclic) bond motifs is 1. The third kappa shape index (κ3) is 20.7. The van der Waals surface area contributed by atoms with Gasteiger partial charge in [-0.15, -0.1) is 0 Å². The molecular formula is C69H117IN12O12. The second kappa shape index (κ2) is 36.1. The molecule has 5 fully saturated rings. The highest BCUT2D eigenvalue weighted by atomic mass is 127. The van der Waals surface area contributed by atoms with E-state index in [1.54, 1.807) is 25.8 Å². The van der Waals surface area contributed by atoms with Gasteiger partial charge < -0.3 is 60.5 Å². The van der Waals surface area contributed by atoms with E-state index in [2.05, 4.69) is 43.9 Å². The number of hydrogen-bond donors (Lipinski definition) is 4. The van der Waals surface area contributed by atoms with Crippen molar-refractivity contribution in [3.63, 3.8) is 0 Å². The number of halogens is 1. The molecule has 25 heteroatoms. The summed E-state index contributed by atoms with van der Waals surface area (Å²) in [6.07, 6.45) is 11.9. The number of amides is 12. The molecule has 4 N–H and O–H groups in total. The summed E-state index contributed by atoms with van der Waals surface area (Å²) in [6, 6.07) is -10.3. The van der Waals surface area contributed by atoms with E-state index in [1.165, 1.54) is 83.4 Å². The van der Waals surface area contributed by atoms with Gasteiger partial charge in [0.05, 0.1) is 13.0 Å². The van der Waals surface area contributed by atoms with E-state index in [0.717, 1.165) is 57.8 Å². The van der Waals surface area contributed by atoms with Gasteiger partial charge >= 0.3 is 0 Å². The van der Waals surface area contributed by atoms with Crippen LogP contribution in [0.1, 0.15) is 204 Å². The minimum Gasteiger partial charge on any atom is -0.343 e. The van der Waals surface area contributed by atoms with Crippen molar-refractivity contribution in [1.29, 1.82) is 0 Å². The Bertz CT molecular complexity index is 2670. The zero-order valence-corrected chi connectivity index (χ0v) is 61.9. The fourth-order valence-corrected chi connectivity index (χ4v) is 15.1. The molecule has 2 aliphatic carbocycles. The van der Waals surface area contributed by atoms with Gasteiger partial charge in [0, 0.05) is 65.8 Å². The van der Waals surface area contributed by atoms with Crippen molar-refractivity contribution in [1.82, 2.24) is 60.5 Å². The van der Waals surface area contributed by atoms with Crippen LogP contribution in [0.2, 0.25) is 0 Å². The van der Waals surface area contributed by atoms with E-state index in [4.69, 9.17) is 0 Å². The highest BCUT2D eigenvalue weighted by Gasteiger charge is 2.48. The quantitative estimate of drug-likeness (QED) is 0.128. The minimum absolute atomic E-state index is 0.0521. The first-order chi connectivity index (χ1) is 44.2. The van der Waals surface area contributed by atoms with Crippen LogP contribution in [0.25, 0.3) is 0 Å². The number of alkyl halides is 1. The average Bonchev–Trinajstić information content (AvgIpc) is 0.799. The van der Waals surface area contributed by atoms with Gasteiger partial charge in [-0.3, -0.25) is 57.5 Å². The number of carbonyl (C=O) groups is 12. The number of rotatable bonds is 14. The van der Waals surface area contributed by atoms with Crippen molar-refractivity contribution >= 4 is 93.5 Å². The molecule has 0 radical (unpaired) electrons. The topological polar surface area (TPSA) is 279 Å². The number of likely N-dealkylation sites (tertiary alicyclic amines) is 1. The van der Waals surface area contributed by atoms with Gasteiger partial charge in [-0.2, -0.15) is 0 Å². The first kappa shape index (κ1) is 79.1. The van der Waals surface area contributed by atoms with Crippen LogP contribution < -0.4 is 21.3 Å². The molecule has 24 nitrogen and oxygen atoms in total. The maximum Gasteiger partial charge on any atom is 0.246 e. The summed E-state index contributed by atoms with van der Waals surface area (Å²) in [5.74, 6) is -7.59. The van der Waals surface area contributed by atoms with E-state index in [1.807, 2.05) is 41.5 Å². The summed E-state index contributed by atoms with van der Waals surface area (Å²) in [4.78, 5) is 189. The summed E-state index contributed by atoms with van der Waals surface area (Å²) in [6.45, 7) is 18.3. The summed E-state index contributed by atoms with van der Waals surface area (Å²) >= 11 is 2.42. The van der Waals surface area contributed by atoms with Crippen LogP contribution in [-0.4, -0.2) is 242 Å². The molecule has 0 spiro atoms.